The van der Waals surface area contributed by atoms with Gasteiger partial charge in [-0.1, -0.05) is 25.1 Å². The fraction of sp³-hybridized carbons (Fsp3) is 0.188. The number of ether oxygens (including phenoxy) is 1. The molecule has 0 bridgehead atoms. The lowest BCUT2D eigenvalue weighted by molar-refractivity contribution is 0.302. The van der Waals surface area contributed by atoms with Crippen LogP contribution in [-0.4, -0.2) is 0 Å². The molecule has 0 radical (unpaired) electrons. The summed E-state index contributed by atoms with van der Waals surface area (Å²) in [6.45, 7) is 2.24. The first-order chi connectivity index (χ1) is 9.24. The fourth-order valence-corrected chi connectivity index (χ4v) is 1.88. The molecule has 0 atom stereocenters. The molecule has 2 aromatic rings. The molecule has 0 aliphatic heterocycles. The third-order valence-corrected chi connectivity index (χ3v) is 2.92. The normalized spacial score (nSPS) is 9.95. The first-order valence-electron chi connectivity index (χ1n) is 6.13. The summed E-state index contributed by atoms with van der Waals surface area (Å²) in [4.78, 5) is 0. The Morgan fingerprint density at radius 3 is 2.68 bits per heavy atom. The molecule has 0 N–H and O–H groups in total. The molecule has 2 rings (SSSR count). The van der Waals surface area contributed by atoms with Gasteiger partial charge in [-0.3, -0.25) is 0 Å². The highest BCUT2D eigenvalue weighted by Gasteiger charge is 2.06. The summed E-state index contributed by atoms with van der Waals surface area (Å²) < 4.78 is 18.9. The van der Waals surface area contributed by atoms with Crippen LogP contribution in [0.4, 0.5) is 4.39 Å². The maximum Gasteiger partial charge on any atom is 0.123 e. The van der Waals surface area contributed by atoms with Crippen LogP contribution in [0.1, 0.15) is 23.6 Å². The first kappa shape index (κ1) is 13.1. The third-order valence-electron chi connectivity index (χ3n) is 2.92. The number of para-hydroxylation sites is 1. The molecule has 0 aliphatic carbocycles. The largest absolute Gasteiger partial charge is 0.489 e. The Labute approximate surface area is 112 Å². The quantitative estimate of drug-likeness (QED) is 0.831. The molecule has 3 heteroatoms. The van der Waals surface area contributed by atoms with Crippen LogP contribution < -0.4 is 4.74 Å². The summed E-state index contributed by atoms with van der Waals surface area (Å²) in [6, 6.07) is 13.9. The zero-order valence-corrected chi connectivity index (χ0v) is 10.7. The average Bonchev–Trinajstić information content (AvgIpc) is 2.45. The van der Waals surface area contributed by atoms with Crippen LogP contribution in [0.15, 0.2) is 42.5 Å². The predicted molar refractivity (Wildman–Crippen MR) is 71.3 cm³/mol. The van der Waals surface area contributed by atoms with Gasteiger partial charge < -0.3 is 4.74 Å². The summed E-state index contributed by atoms with van der Waals surface area (Å²) >= 11 is 0. The van der Waals surface area contributed by atoms with Crippen LogP contribution in [-0.2, 0) is 13.0 Å². The van der Waals surface area contributed by atoms with Gasteiger partial charge in [0.1, 0.15) is 18.2 Å². The van der Waals surface area contributed by atoms with E-state index in [4.69, 9.17) is 10.00 Å². The van der Waals surface area contributed by atoms with Gasteiger partial charge in [0.2, 0.25) is 0 Å². The average molecular weight is 255 g/mol. The Hall–Kier alpha value is -2.34. The first-order valence-corrected chi connectivity index (χ1v) is 6.13. The molecule has 0 saturated carbocycles. The lowest BCUT2D eigenvalue weighted by atomic mass is 10.1. The molecular formula is C16H14FNO. The van der Waals surface area contributed by atoms with Crippen molar-refractivity contribution in [3.8, 4) is 11.8 Å². The summed E-state index contributed by atoms with van der Waals surface area (Å²) in [5.41, 5.74) is 2.10. The van der Waals surface area contributed by atoms with Gasteiger partial charge in [-0.25, -0.2) is 4.39 Å². The van der Waals surface area contributed by atoms with Crippen LogP contribution in [0.25, 0.3) is 0 Å². The SMILES string of the molecule is CCc1ccccc1OCc1cc(F)ccc1C#N. The summed E-state index contributed by atoms with van der Waals surface area (Å²) in [7, 11) is 0. The van der Waals surface area contributed by atoms with Gasteiger partial charge in [0.05, 0.1) is 11.6 Å². The van der Waals surface area contributed by atoms with Crippen LogP contribution in [0.2, 0.25) is 0 Å². The number of rotatable bonds is 4. The molecule has 2 aromatic carbocycles. The van der Waals surface area contributed by atoms with E-state index < -0.39 is 0 Å². The van der Waals surface area contributed by atoms with Crippen molar-refractivity contribution in [2.24, 2.45) is 0 Å². The Kier molecular flexibility index (Phi) is 4.15. The van der Waals surface area contributed by atoms with E-state index in [9.17, 15) is 4.39 Å². The monoisotopic (exact) mass is 255 g/mol. The van der Waals surface area contributed by atoms with Crippen LogP contribution >= 0.6 is 0 Å². The highest BCUT2D eigenvalue weighted by molar-refractivity contribution is 5.38. The second-order valence-electron chi connectivity index (χ2n) is 4.16. The summed E-state index contributed by atoms with van der Waals surface area (Å²) in [6.07, 6.45) is 0.866. The van der Waals surface area contributed by atoms with E-state index in [-0.39, 0.29) is 12.4 Å². The number of halogens is 1. The molecule has 0 unspecified atom stereocenters. The van der Waals surface area contributed by atoms with Gasteiger partial charge in [-0.05, 0) is 36.2 Å². The van der Waals surface area contributed by atoms with Crippen molar-refractivity contribution < 1.29 is 9.13 Å². The van der Waals surface area contributed by atoms with Crippen LogP contribution in [0.5, 0.6) is 5.75 Å². The lowest BCUT2D eigenvalue weighted by Crippen LogP contribution is -2.01. The Bertz CT molecular complexity index is 616. The minimum atomic E-state index is -0.360. The van der Waals surface area contributed by atoms with E-state index in [0.717, 1.165) is 17.7 Å². The molecule has 96 valence electrons. The van der Waals surface area contributed by atoms with E-state index in [0.29, 0.717) is 11.1 Å². The number of aryl methyl sites for hydroxylation is 1. The molecule has 0 saturated heterocycles. The van der Waals surface area contributed by atoms with Gasteiger partial charge in [-0.2, -0.15) is 5.26 Å². The van der Waals surface area contributed by atoms with Crippen molar-refractivity contribution in [3.63, 3.8) is 0 Å². The topological polar surface area (TPSA) is 33.0 Å². The van der Waals surface area contributed by atoms with Crippen molar-refractivity contribution in [3.05, 3.63) is 65.0 Å². The van der Waals surface area contributed by atoms with Gasteiger partial charge in [-0.15, -0.1) is 0 Å². The Morgan fingerprint density at radius 2 is 1.95 bits per heavy atom. The van der Waals surface area contributed by atoms with Gasteiger partial charge >= 0.3 is 0 Å². The molecule has 0 fully saturated rings. The van der Waals surface area contributed by atoms with Gasteiger partial charge in [0.15, 0.2) is 0 Å². The van der Waals surface area contributed by atoms with E-state index in [2.05, 4.69) is 0 Å². The van der Waals surface area contributed by atoms with Crippen molar-refractivity contribution in [1.82, 2.24) is 0 Å². The smallest absolute Gasteiger partial charge is 0.123 e. The molecule has 0 heterocycles. The maximum absolute atomic E-state index is 13.2. The lowest BCUT2D eigenvalue weighted by Gasteiger charge is -2.11. The fourth-order valence-electron chi connectivity index (χ4n) is 1.88. The van der Waals surface area contributed by atoms with Crippen molar-refractivity contribution in [2.45, 2.75) is 20.0 Å². The van der Waals surface area contributed by atoms with Gasteiger partial charge in [0.25, 0.3) is 0 Å². The molecule has 0 amide bonds. The second-order valence-corrected chi connectivity index (χ2v) is 4.16. The van der Waals surface area contributed by atoms with E-state index in [1.807, 2.05) is 37.3 Å². The predicted octanol–water partition coefficient (Wildman–Crippen LogP) is 3.84. The van der Waals surface area contributed by atoms with E-state index >= 15 is 0 Å². The minimum Gasteiger partial charge on any atom is -0.489 e. The zero-order valence-electron chi connectivity index (χ0n) is 10.7. The molecule has 0 spiro atoms. The summed E-state index contributed by atoms with van der Waals surface area (Å²) in [5, 5.41) is 8.98. The molecule has 2 nitrogen and oxygen atoms in total. The number of hydrogen-bond donors (Lipinski definition) is 0. The van der Waals surface area contributed by atoms with Crippen molar-refractivity contribution in [1.29, 1.82) is 5.26 Å². The molecular weight excluding hydrogens is 241 g/mol. The number of nitrogens with zero attached hydrogens (tertiary/aromatic N) is 1. The molecule has 0 aromatic heterocycles. The number of hydrogen-bond acceptors (Lipinski definition) is 2. The van der Waals surface area contributed by atoms with Crippen molar-refractivity contribution in [2.75, 3.05) is 0 Å². The van der Waals surface area contributed by atoms with E-state index in [1.54, 1.807) is 0 Å². The van der Waals surface area contributed by atoms with Crippen LogP contribution in [0.3, 0.4) is 0 Å². The number of benzene rings is 2. The van der Waals surface area contributed by atoms with Crippen molar-refractivity contribution >= 4 is 0 Å². The van der Waals surface area contributed by atoms with E-state index in [1.165, 1.54) is 18.2 Å². The summed E-state index contributed by atoms with van der Waals surface area (Å²) in [5.74, 6) is 0.416. The Morgan fingerprint density at radius 1 is 1.16 bits per heavy atom. The number of nitriles is 1. The maximum atomic E-state index is 13.2. The molecule has 19 heavy (non-hydrogen) atoms. The minimum absolute atomic E-state index is 0.192. The molecule has 0 aliphatic rings. The third kappa shape index (κ3) is 3.11. The second kappa shape index (κ2) is 6.01. The van der Waals surface area contributed by atoms with Crippen LogP contribution in [0, 0.1) is 17.1 Å². The standard InChI is InChI=1S/C16H14FNO/c1-2-12-5-3-4-6-16(12)19-11-14-9-15(17)8-7-13(14)10-18/h3-9H,2,11H2,1H3. The highest BCUT2D eigenvalue weighted by Crippen LogP contribution is 2.20. The highest BCUT2D eigenvalue weighted by atomic mass is 19.1. The zero-order chi connectivity index (χ0) is 13.7. The van der Waals surface area contributed by atoms with Gasteiger partial charge in [0, 0.05) is 5.56 Å². The Balaban J connectivity index is 2.19.